The Hall–Kier alpha value is -9.43. The first-order valence-electron chi connectivity index (χ1n) is 20.9. The Labute approximate surface area is 364 Å². The van der Waals surface area contributed by atoms with Crippen molar-refractivity contribution >= 4 is 109 Å². The summed E-state index contributed by atoms with van der Waals surface area (Å²) in [6.45, 7) is 0. The first kappa shape index (κ1) is 34.2. The average molecular weight is 838 g/mol. The molecule has 0 bridgehead atoms. The molecule has 0 saturated carbocycles. The van der Waals surface area contributed by atoms with E-state index in [1.807, 2.05) is 124 Å². The van der Waals surface area contributed by atoms with Crippen LogP contribution in [-0.2, 0) is 0 Å². The molecule has 0 aliphatic rings. The average Bonchev–Trinajstić information content (AvgIpc) is 4.17. The van der Waals surface area contributed by atoms with Crippen LogP contribution in [0.3, 0.4) is 0 Å². The first-order valence-corrected chi connectivity index (χ1v) is 20.9. The number of furan rings is 1. The number of hydrogen-bond donors (Lipinski definition) is 0. The summed E-state index contributed by atoms with van der Waals surface area (Å²) < 4.78 is 16.6. The molecular weight excluding hydrogens is 811 g/mol. The standard InChI is InChI=1S/C51H27N13O/c1-2-44-46(60-11-1)45-47(61-36-7-16-52-20-32(36)28-3-12-56-24-40(28)61)48(62-37-8-17-53-21-33(37)29-4-13-57-25-41(29)62)49(63-38-9-18-54-22-34(38)30-5-14-58-26-42(30)63)50(51(45)65-44)64-39-10-19-55-23-35(39)31-6-15-59-27-43(31)64/h1-27H. The molecule has 0 radical (unpaired) electrons. The van der Waals surface area contributed by atoms with Gasteiger partial charge in [0.1, 0.15) is 16.9 Å². The second kappa shape index (κ2) is 12.6. The molecule has 0 unspecified atom stereocenters. The molecule has 65 heavy (non-hydrogen) atoms. The maximum Gasteiger partial charge on any atom is 0.165 e. The Morgan fingerprint density at radius 2 is 0.662 bits per heavy atom. The van der Waals surface area contributed by atoms with Gasteiger partial charge in [-0.3, -0.25) is 44.9 Å². The highest BCUT2D eigenvalue weighted by atomic mass is 16.3. The van der Waals surface area contributed by atoms with Crippen LogP contribution in [0.15, 0.2) is 170 Å². The fourth-order valence-electron chi connectivity index (χ4n) is 10.4. The molecule has 14 nitrogen and oxygen atoms in total. The van der Waals surface area contributed by atoms with Gasteiger partial charge < -0.3 is 22.7 Å². The van der Waals surface area contributed by atoms with Gasteiger partial charge in [-0.25, -0.2) is 0 Å². The van der Waals surface area contributed by atoms with Gasteiger partial charge in [-0.1, -0.05) is 0 Å². The largest absolute Gasteiger partial charge is 0.452 e. The third-order valence-electron chi connectivity index (χ3n) is 12.9. The molecule has 14 heterocycles. The van der Waals surface area contributed by atoms with E-state index in [0.29, 0.717) is 16.7 Å². The minimum absolute atomic E-state index is 0.605. The maximum atomic E-state index is 7.34. The minimum Gasteiger partial charge on any atom is -0.452 e. The normalized spacial score (nSPS) is 12.3. The number of hydrogen-bond acceptors (Lipinski definition) is 10. The highest BCUT2D eigenvalue weighted by Gasteiger charge is 2.35. The maximum absolute atomic E-state index is 7.34. The second-order valence-corrected chi connectivity index (χ2v) is 16.0. The first-order chi connectivity index (χ1) is 32.3. The summed E-state index contributed by atoms with van der Waals surface area (Å²) in [7, 11) is 0. The van der Waals surface area contributed by atoms with Gasteiger partial charge in [0.05, 0.1) is 85.7 Å². The Morgan fingerprint density at radius 1 is 0.308 bits per heavy atom. The molecule has 302 valence electrons. The zero-order valence-electron chi connectivity index (χ0n) is 33.8. The van der Waals surface area contributed by atoms with Gasteiger partial charge in [0, 0.05) is 124 Å². The van der Waals surface area contributed by atoms with Gasteiger partial charge >= 0.3 is 0 Å². The van der Waals surface area contributed by atoms with Crippen molar-refractivity contribution < 1.29 is 4.42 Å². The van der Waals surface area contributed by atoms with E-state index in [1.165, 1.54) is 0 Å². The summed E-state index contributed by atoms with van der Waals surface area (Å²) in [5.74, 6) is 0. The number of nitrogens with zero attached hydrogens (tertiary/aromatic N) is 13. The zero-order chi connectivity index (χ0) is 42.3. The molecule has 0 spiro atoms. The summed E-state index contributed by atoms with van der Waals surface area (Å²) in [6.07, 6.45) is 31.9. The van der Waals surface area contributed by atoms with E-state index in [-0.39, 0.29) is 0 Å². The lowest BCUT2D eigenvalue weighted by molar-refractivity contribution is 0.665. The number of rotatable bonds is 4. The smallest absolute Gasteiger partial charge is 0.165 e. The fraction of sp³-hybridized carbons (Fsp3) is 0. The van der Waals surface area contributed by atoms with E-state index in [1.54, 1.807) is 0 Å². The lowest BCUT2D eigenvalue weighted by Gasteiger charge is -2.26. The van der Waals surface area contributed by atoms with E-state index in [9.17, 15) is 0 Å². The molecule has 0 atom stereocenters. The number of benzene rings is 1. The third kappa shape index (κ3) is 4.38. The predicted octanol–water partition coefficient (Wildman–Crippen LogP) is 10.5. The fourth-order valence-corrected chi connectivity index (χ4v) is 10.4. The van der Waals surface area contributed by atoms with Crippen LogP contribution in [0.5, 0.6) is 0 Å². The van der Waals surface area contributed by atoms with E-state index < -0.39 is 0 Å². The Kier molecular flexibility index (Phi) is 6.62. The molecular formula is C51H27N13O. The molecule has 15 aromatic rings. The molecule has 0 N–H and O–H groups in total. The van der Waals surface area contributed by atoms with E-state index in [4.69, 9.17) is 29.3 Å². The quantitative estimate of drug-likeness (QED) is 0.168. The predicted molar refractivity (Wildman–Crippen MR) is 251 cm³/mol. The van der Waals surface area contributed by atoms with Crippen LogP contribution >= 0.6 is 0 Å². The van der Waals surface area contributed by atoms with Crippen molar-refractivity contribution in [1.29, 1.82) is 0 Å². The molecule has 1 aromatic carbocycles. The number of fused-ring (bicyclic) bond motifs is 15. The van der Waals surface area contributed by atoms with Crippen molar-refractivity contribution in [2.24, 2.45) is 0 Å². The van der Waals surface area contributed by atoms with Crippen molar-refractivity contribution in [2.45, 2.75) is 0 Å². The van der Waals surface area contributed by atoms with Crippen LogP contribution in [0.4, 0.5) is 0 Å². The van der Waals surface area contributed by atoms with E-state index in [0.717, 1.165) is 115 Å². The summed E-state index contributed by atoms with van der Waals surface area (Å²) >= 11 is 0. The van der Waals surface area contributed by atoms with Gasteiger partial charge in [-0.15, -0.1) is 0 Å². The Morgan fingerprint density at radius 3 is 1.09 bits per heavy atom. The SMILES string of the molecule is c1cnc2c(c1)oc1c(-n3c4ccncc4c4ccncc43)c(-n3c4ccncc4c4ccncc43)c(-n3c4ccncc4c4ccncc43)c(-n3c4ccncc4c4ccncc43)c12. The highest BCUT2D eigenvalue weighted by molar-refractivity contribution is 6.22. The lowest BCUT2D eigenvalue weighted by atomic mass is 10.0. The molecule has 0 amide bonds. The molecule has 0 aliphatic carbocycles. The summed E-state index contributed by atoms with van der Waals surface area (Å²) in [6, 6.07) is 20.4. The second-order valence-electron chi connectivity index (χ2n) is 16.0. The van der Waals surface area contributed by atoms with Crippen LogP contribution in [0.25, 0.3) is 132 Å². The van der Waals surface area contributed by atoms with Crippen LogP contribution in [0, 0.1) is 0 Å². The highest BCUT2D eigenvalue weighted by Crippen LogP contribution is 2.51. The lowest BCUT2D eigenvalue weighted by Crippen LogP contribution is -2.14. The van der Waals surface area contributed by atoms with Crippen molar-refractivity contribution in [3.05, 3.63) is 166 Å². The molecule has 14 heteroatoms. The zero-order valence-corrected chi connectivity index (χ0v) is 33.8. The van der Waals surface area contributed by atoms with Crippen molar-refractivity contribution in [3.8, 4) is 22.7 Å². The monoisotopic (exact) mass is 837 g/mol. The molecule has 15 rings (SSSR count). The van der Waals surface area contributed by atoms with Crippen molar-refractivity contribution in [2.75, 3.05) is 0 Å². The van der Waals surface area contributed by atoms with E-state index >= 15 is 0 Å². The van der Waals surface area contributed by atoms with Gasteiger partial charge in [0.2, 0.25) is 0 Å². The van der Waals surface area contributed by atoms with Crippen LogP contribution in [-0.4, -0.2) is 63.1 Å². The van der Waals surface area contributed by atoms with Crippen LogP contribution < -0.4 is 0 Å². The van der Waals surface area contributed by atoms with Crippen molar-refractivity contribution in [3.63, 3.8) is 0 Å². The molecule has 0 aliphatic heterocycles. The molecule has 0 fully saturated rings. The third-order valence-corrected chi connectivity index (χ3v) is 12.9. The van der Waals surface area contributed by atoms with Gasteiger partial charge in [-0.05, 0) is 60.7 Å². The van der Waals surface area contributed by atoms with Gasteiger partial charge in [-0.2, -0.15) is 0 Å². The van der Waals surface area contributed by atoms with Gasteiger partial charge in [0.15, 0.2) is 11.2 Å². The van der Waals surface area contributed by atoms with Crippen LogP contribution in [0.1, 0.15) is 0 Å². The summed E-state index contributed by atoms with van der Waals surface area (Å²) in [4.78, 5) is 42.9. The van der Waals surface area contributed by atoms with Crippen LogP contribution in [0.2, 0.25) is 0 Å². The van der Waals surface area contributed by atoms with E-state index in [2.05, 4.69) is 80.7 Å². The topological polar surface area (TPSA) is 149 Å². The van der Waals surface area contributed by atoms with Gasteiger partial charge in [0.25, 0.3) is 0 Å². The van der Waals surface area contributed by atoms with Crippen molar-refractivity contribution in [1.82, 2.24) is 63.1 Å². The summed E-state index contributed by atoms with van der Waals surface area (Å²) in [5, 5.41) is 8.61. The molecule has 14 aromatic heterocycles. The Balaban J connectivity index is 1.34. The Bertz CT molecular complexity index is 4300. The number of aromatic nitrogens is 13. The molecule has 0 saturated heterocycles. The minimum atomic E-state index is 0.605. The number of pyridine rings is 9. The summed E-state index contributed by atoms with van der Waals surface area (Å²) in [5.41, 5.74) is 12.2.